The average Bonchev–Trinajstić information content (AvgIpc) is 2.75. The zero-order valence-corrected chi connectivity index (χ0v) is 16.9. The first kappa shape index (κ1) is 19.4. The smallest absolute Gasteiger partial charge is 0.223 e. The number of amides is 2. The summed E-state index contributed by atoms with van der Waals surface area (Å²) in [5.74, 6) is 0.569. The summed E-state index contributed by atoms with van der Waals surface area (Å²) in [5.41, 5.74) is 3.51. The monoisotopic (exact) mass is 388 g/mol. The predicted octanol–water partition coefficient (Wildman–Crippen LogP) is 4.79. The van der Waals surface area contributed by atoms with Crippen molar-refractivity contribution in [3.05, 3.63) is 77.5 Å². The van der Waals surface area contributed by atoms with Crippen LogP contribution in [0.5, 0.6) is 0 Å². The van der Waals surface area contributed by atoms with Crippen LogP contribution < -0.4 is 5.32 Å². The third-order valence-corrected chi connectivity index (χ3v) is 6.21. The van der Waals surface area contributed by atoms with Gasteiger partial charge in [0, 0.05) is 19.2 Å². The maximum Gasteiger partial charge on any atom is 0.223 e. The van der Waals surface area contributed by atoms with Crippen LogP contribution >= 0.6 is 0 Å². The summed E-state index contributed by atoms with van der Waals surface area (Å²) in [5, 5.41) is 3.23. The van der Waals surface area contributed by atoms with Crippen LogP contribution in [0.2, 0.25) is 0 Å². The molecule has 1 saturated carbocycles. The van der Waals surface area contributed by atoms with Crippen LogP contribution in [0.25, 0.3) is 6.08 Å². The Morgan fingerprint density at radius 2 is 1.66 bits per heavy atom. The molecule has 29 heavy (non-hydrogen) atoms. The van der Waals surface area contributed by atoms with Gasteiger partial charge in [0.25, 0.3) is 0 Å². The van der Waals surface area contributed by atoms with Crippen molar-refractivity contribution in [1.29, 1.82) is 0 Å². The first-order chi connectivity index (χ1) is 14.1. The van der Waals surface area contributed by atoms with Crippen molar-refractivity contribution in [2.45, 2.75) is 57.0 Å². The molecule has 2 aromatic rings. The van der Waals surface area contributed by atoms with Crippen LogP contribution in [-0.4, -0.2) is 22.8 Å². The molecule has 1 atom stereocenters. The number of nitrogens with zero attached hydrogens (tertiary/aromatic N) is 1. The van der Waals surface area contributed by atoms with E-state index in [-0.39, 0.29) is 23.9 Å². The summed E-state index contributed by atoms with van der Waals surface area (Å²) >= 11 is 0. The summed E-state index contributed by atoms with van der Waals surface area (Å²) in [6.07, 6.45) is 8.24. The summed E-state index contributed by atoms with van der Waals surface area (Å²) < 4.78 is 0. The Kier molecular flexibility index (Phi) is 5.79. The molecule has 1 unspecified atom stereocenters. The number of fused-ring (bicyclic) bond motifs is 1. The van der Waals surface area contributed by atoms with Gasteiger partial charge in [0.2, 0.25) is 11.8 Å². The molecular formula is C25H28N2O2. The van der Waals surface area contributed by atoms with E-state index in [0.29, 0.717) is 12.3 Å². The third-order valence-electron chi connectivity index (χ3n) is 6.21. The molecule has 0 bridgehead atoms. The zero-order chi connectivity index (χ0) is 20.2. The van der Waals surface area contributed by atoms with Crippen LogP contribution in [0.3, 0.4) is 0 Å². The average molecular weight is 389 g/mol. The van der Waals surface area contributed by atoms with Crippen molar-refractivity contribution in [3.8, 4) is 0 Å². The minimum Gasteiger partial charge on any atom is -0.353 e. The molecule has 2 aliphatic rings. The van der Waals surface area contributed by atoms with Crippen molar-refractivity contribution < 1.29 is 9.59 Å². The van der Waals surface area contributed by atoms with Gasteiger partial charge in [-0.15, -0.1) is 0 Å². The lowest BCUT2D eigenvalue weighted by Crippen LogP contribution is -2.40. The van der Waals surface area contributed by atoms with Crippen molar-refractivity contribution in [1.82, 2.24) is 10.2 Å². The van der Waals surface area contributed by atoms with Gasteiger partial charge in [0.15, 0.2) is 0 Å². The van der Waals surface area contributed by atoms with Crippen LogP contribution in [0.15, 0.2) is 60.8 Å². The van der Waals surface area contributed by atoms with Crippen molar-refractivity contribution >= 4 is 17.9 Å². The lowest BCUT2D eigenvalue weighted by atomic mass is 9.81. The van der Waals surface area contributed by atoms with E-state index in [1.807, 2.05) is 30.3 Å². The van der Waals surface area contributed by atoms with Crippen LogP contribution in [0, 0.1) is 0 Å². The van der Waals surface area contributed by atoms with E-state index in [9.17, 15) is 9.59 Å². The third kappa shape index (κ3) is 4.42. The van der Waals surface area contributed by atoms with Crippen molar-refractivity contribution in [2.24, 2.45) is 0 Å². The van der Waals surface area contributed by atoms with Crippen molar-refractivity contribution in [3.63, 3.8) is 0 Å². The molecule has 1 aliphatic carbocycles. The fourth-order valence-electron chi connectivity index (χ4n) is 4.67. The summed E-state index contributed by atoms with van der Waals surface area (Å²) in [4.78, 5) is 26.6. The lowest BCUT2D eigenvalue weighted by Gasteiger charge is -2.33. The Bertz CT molecular complexity index is 898. The number of carbonyl (C=O) groups excluding carboxylic acids is 2. The molecule has 2 aromatic carbocycles. The van der Waals surface area contributed by atoms with Crippen molar-refractivity contribution in [2.75, 3.05) is 0 Å². The molecule has 1 N–H and O–H groups in total. The van der Waals surface area contributed by atoms with Gasteiger partial charge in [0.1, 0.15) is 0 Å². The molecule has 2 amide bonds. The maximum atomic E-state index is 12.8. The Hall–Kier alpha value is -2.88. The fraction of sp³-hybridized carbons (Fsp3) is 0.360. The van der Waals surface area contributed by atoms with Gasteiger partial charge in [-0.2, -0.15) is 0 Å². The first-order valence-corrected chi connectivity index (χ1v) is 10.5. The highest BCUT2D eigenvalue weighted by molar-refractivity contribution is 5.82. The number of hydrogen-bond acceptors (Lipinski definition) is 2. The van der Waals surface area contributed by atoms with Gasteiger partial charge in [0.05, 0.1) is 12.5 Å². The minimum absolute atomic E-state index is 0.0227. The van der Waals surface area contributed by atoms with E-state index >= 15 is 0 Å². The predicted molar refractivity (Wildman–Crippen MR) is 115 cm³/mol. The standard InChI is InChI=1S/C25H28N2O2/c1-18(28)27-16-15-21-9-5-6-10-23(21)24(27)17-25(29)26-22-13-11-20(12-14-22)19-7-3-2-4-8-19/h2-10,15-16,20,22,24H,11-14,17H2,1H3,(H,26,29). The van der Waals surface area contributed by atoms with E-state index in [0.717, 1.165) is 36.8 Å². The summed E-state index contributed by atoms with van der Waals surface area (Å²) in [6.45, 7) is 1.55. The van der Waals surface area contributed by atoms with Gasteiger partial charge < -0.3 is 10.2 Å². The second-order valence-electron chi connectivity index (χ2n) is 8.12. The quantitative estimate of drug-likeness (QED) is 0.818. The summed E-state index contributed by atoms with van der Waals surface area (Å²) in [7, 11) is 0. The number of benzene rings is 2. The first-order valence-electron chi connectivity index (χ1n) is 10.5. The van der Waals surface area contributed by atoms with E-state index in [2.05, 4.69) is 35.6 Å². The van der Waals surface area contributed by atoms with E-state index in [1.165, 1.54) is 5.56 Å². The molecule has 0 spiro atoms. The molecule has 0 radical (unpaired) electrons. The molecule has 1 heterocycles. The number of nitrogens with one attached hydrogen (secondary N) is 1. The highest BCUT2D eigenvalue weighted by Crippen LogP contribution is 2.34. The minimum atomic E-state index is -0.241. The highest BCUT2D eigenvalue weighted by Gasteiger charge is 2.29. The molecule has 4 nitrogen and oxygen atoms in total. The van der Waals surface area contributed by atoms with Crippen LogP contribution in [0.4, 0.5) is 0 Å². The van der Waals surface area contributed by atoms with Gasteiger partial charge in [-0.1, -0.05) is 54.6 Å². The SMILES string of the molecule is CC(=O)N1C=Cc2ccccc2C1CC(=O)NC1CCC(c2ccccc2)CC1. The Morgan fingerprint density at radius 1 is 0.966 bits per heavy atom. The molecular weight excluding hydrogens is 360 g/mol. The Morgan fingerprint density at radius 3 is 2.38 bits per heavy atom. The molecule has 1 aliphatic heterocycles. The maximum absolute atomic E-state index is 12.8. The molecule has 150 valence electrons. The normalized spacial score (nSPS) is 23.3. The largest absolute Gasteiger partial charge is 0.353 e. The number of hydrogen-bond donors (Lipinski definition) is 1. The van der Waals surface area contributed by atoms with E-state index in [1.54, 1.807) is 18.0 Å². The van der Waals surface area contributed by atoms with E-state index in [4.69, 9.17) is 0 Å². The number of carbonyl (C=O) groups is 2. The molecule has 4 heteroatoms. The highest BCUT2D eigenvalue weighted by atomic mass is 16.2. The Balaban J connectivity index is 1.37. The number of rotatable bonds is 4. The molecule has 0 saturated heterocycles. The van der Waals surface area contributed by atoms with Gasteiger partial charge >= 0.3 is 0 Å². The second-order valence-corrected chi connectivity index (χ2v) is 8.12. The van der Waals surface area contributed by atoms with Crippen LogP contribution in [0.1, 0.15) is 67.7 Å². The lowest BCUT2D eigenvalue weighted by molar-refractivity contribution is -0.130. The molecule has 4 rings (SSSR count). The molecule has 0 aromatic heterocycles. The van der Waals surface area contributed by atoms with Crippen LogP contribution in [-0.2, 0) is 9.59 Å². The summed E-state index contributed by atoms with van der Waals surface area (Å²) in [6, 6.07) is 18.6. The molecule has 1 fully saturated rings. The fourth-order valence-corrected chi connectivity index (χ4v) is 4.67. The topological polar surface area (TPSA) is 49.4 Å². The van der Waals surface area contributed by atoms with Gasteiger partial charge in [-0.05, 0) is 54.4 Å². The second kappa shape index (κ2) is 8.64. The van der Waals surface area contributed by atoms with E-state index < -0.39 is 0 Å². The Labute approximate surface area is 172 Å². The zero-order valence-electron chi connectivity index (χ0n) is 16.9. The van der Waals surface area contributed by atoms with Gasteiger partial charge in [-0.3, -0.25) is 9.59 Å². The van der Waals surface area contributed by atoms with Gasteiger partial charge in [-0.25, -0.2) is 0 Å².